The molecule has 3 aromatic carbocycles. The second-order valence-corrected chi connectivity index (χ2v) is 7.41. The highest BCUT2D eigenvalue weighted by molar-refractivity contribution is 6.05. The second kappa shape index (κ2) is 8.23. The summed E-state index contributed by atoms with van der Waals surface area (Å²) in [5, 5.41) is 30.5. The molecule has 3 aromatic rings. The smallest absolute Gasteiger partial charge is 0.194 e. The molecule has 0 aromatic heterocycles. The molecular formula is C27H17FN4. The molecule has 152 valence electrons. The molecule has 0 saturated carbocycles. The van der Waals surface area contributed by atoms with Crippen LogP contribution in [0, 0.1) is 45.2 Å². The van der Waals surface area contributed by atoms with Crippen molar-refractivity contribution in [2.24, 2.45) is 11.1 Å². The van der Waals surface area contributed by atoms with Gasteiger partial charge in [0.25, 0.3) is 0 Å². The van der Waals surface area contributed by atoms with E-state index in [1.165, 1.54) is 6.07 Å². The minimum absolute atomic E-state index is 0.0470. The zero-order valence-electron chi connectivity index (χ0n) is 17.0. The van der Waals surface area contributed by atoms with Gasteiger partial charge >= 0.3 is 0 Å². The summed E-state index contributed by atoms with van der Waals surface area (Å²) in [5.41, 5.74) is 6.85. The molecule has 2 N–H and O–H groups in total. The van der Waals surface area contributed by atoms with Gasteiger partial charge in [-0.3, -0.25) is 0 Å². The third-order valence-electron chi connectivity index (χ3n) is 5.76. The lowest BCUT2D eigenvalue weighted by Gasteiger charge is -2.38. The van der Waals surface area contributed by atoms with Crippen LogP contribution in [0.3, 0.4) is 0 Å². The quantitative estimate of drug-likeness (QED) is 0.626. The number of hydrogen-bond donors (Lipinski definition) is 1. The summed E-state index contributed by atoms with van der Waals surface area (Å²) in [6, 6.07) is 30.5. The highest BCUT2D eigenvalue weighted by Crippen LogP contribution is 2.56. The van der Waals surface area contributed by atoms with Crippen LogP contribution in [0.15, 0.2) is 96.2 Å². The number of nitriles is 3. The molecule has 32 heavy (non-hydrogen) atoms. The maximum atomic E-state index is 15.2. The van der Waals surface area contributed by atoms with E-state index in [1.807, 2.05) is 72.8 Å². The van der Waals surface area contributed by atoms with Crippen LogP contribution >= 0.6 is 0 Å². The summed E-state index contributed by atoms with van der Waals surface area (Å²) >= 11 is 0. The van der Waals surface area contributed by atoms with Crippen LogP contribution < -0.4 is 5.73 Å². The zero-order valence-corrected chi connectivity index (χ0v) is 17.0. The first-order valence-corrected chi connectivity index (χ1v) is 9.91. The monoisotopic (exact) mass is 416 g/mol. The number of nitrogens with two attached hydrogens (primary N) is 1. The molecule has 5 heteroatoms. The molecule has 0 fully saturated rings. The maximum Gasteiger partial charge on any atom is 0.194 e. The lowest BCUT2D eigenvalue weighted by atomic mass is 9.60. The van der Waals surface area contributed by atoms with Crippen molar-refractivity contribution in [2.45, 2.75) is 5.92 Å². The van der Waals surface area contributed by atoms with Gasteiger partial charge in [-0.2, -0.15) is 15.8 Å². The normalized spacial score (nSPS) is 17.2. The number of allylic oxidation sites excluding steroid dienone is 4. The number of nitrogens with zero attached hydrogens (tertiary/aromatic N) is 3. The van der Waals surface area contributed by atoms with E-state index in [0.717, 1.165) is 0 Å². The fourth-order valence-corrected chi connectivity index (χ4v) is 4.30. The van der Waals surface area contributed by atoms with E-state index >= 15 is 4.39 Å². The molecule has 0 bridgehead atoms. The third kappa shape index (κ3) is 3.03. The highest BCUT2D eigenvalue weighted by atomic mass is 19.1. The predicted octanol–water partition coefficient (Wildman–Crippen LogP) is 5.30. The van der Waals surface area contributed by atoms with Crippen LogP contribution in [0.2, 0.25) is 0 Å². The average molecular weight is 416 g/mol. The van der Waals surface area contributed by atoms with E-state index in [0.29, 0.717) is 22.3 Å². The van der Waals surface area contributed by atoms with E-state index in [2.05, 4.69) is 6.07 Å². The largest absolute Gasteiger partial charge is 0.399 e. The van der Waals surface area contributed by atoms with Crippen molar-refractivity contribution in [2.75, 3.05) is 0 Å². The molecular weight excluding hydrogens is 399 g/mol. The summed E-state index contributed by atoms with van der Waals surface area (Å²) in [7, 11) is 0. The van der Waals surface area contributed by atoms with Gasteiger partial charge in [-0.1, -0.05) is 78.9 Å². The molecule has 4 nitrogen and oxygen atoms in total. The van der Waals surface area contributed by atoms with Gasteiger partial charge in [0.05, 0.1) is 29.3 Å². The number of halogens is 1. The molecule has 0 heterocycles. The minimum atomic E-state index is -1.96. The van der Waals surface area contributed by atoms with Gasteiger partial charge in [-0.15, -0.1) is 0 Å². The van der Waals surface area contributed by atoms with Gasteiger partial charge in [0.1, 0.15) is 11.9 Å². The van der Waals surface area contributed by atoms with Crippen LogP contribution in [0.4, 0.5) is 4.39 Å². The maximum absolute atomic E-state index is 15.2. The molecule has 0 radical (unpaired) electrons. The van der Waals surface area contributed by atoms with Gasteiger partial charge in [0.2, 0.25) is 0 Å². The minimum Gasteiger partial charge on any atom is -0.399 e. The first-order chi connectivity index (χ1) is 15.6. The van der Waals surface area contributed by atoms with Crippen molar-refractivity contribution >= 4 is 11.1 Å². The SMILES string of the molecule is N#CC1=C(N)C(C#N)(C#N)C(c2ccccc2F)C(c2ccccc2)=C1c1ccccc1. The van der Waals surface area contributed by atoms with E-state index in [4.69, 9.17) is 5.73 Å². The van der Waals surface area contributed by atoms with Gasteiger partial charge in [-0.05, 0) is 28.3 Å². The van der Waals surface area contributed by atoms with Gasteiger partial charge < -0.3 is 5.73 Å². The van der Waals surface area contributed by atoms with Crippen LogP contribution in [0.5, 0.6) is 0 Å². The van der Waals surface area contributed by atoms with Gasteiger partial charge in [0.15, 0.2) is 5.41 Å². The Morgan fingerprint density at radius 1 is 0.750 bits per heavy atom. The molecule has 1 atom stereocenters. The van der Waals surface area contributed by atoms with Crippen LogP contribution in [0.25, 0.3) is 11.1 Å². The molecule has 0 aliphatic heterocycles. The van der Waals surface area contributed by atoms with Gasteiger partial charge in [-0.25, -0.2) is 4.39 Å². The Kier molecular flexibility index (Phi) is 5.30. The first-order valence-electron chi connectivity index (χ1n) is 9.91. The number of benzene rings is 3. The molecule has 0 amide bonds. The van der Waals surface area contributed by atoms with Crippen LogP contribution in [-0.4, -0.2) is 0 Å². The van der Waals surface area contributed by atoms with E-state index in [9.17, 15) is 15.8 Å². The second-order valence-electron chi connectivity index (χ2n) is 7.41. The summed E-state index contributed by atoms with van der Waals surface area (Å²) in [6.07, 6.45) is 0. The van der Waals surface area contributed by atoms with Crippen molar-refractivity contribution in [3.05, 3.63) is 119 Å². The highest BCUT2D eigenvalue weighted by Gasteiger charge is 2.52. The molecule has 0 saturated heterocycles. The molecule has 4 rings (SSSR count). The molecule has 1 aliphatic rings. The lowest BCUT2D eigenvalue weighted by Crippen LogP contribution is -2.37. The summed E-state index contributed by atoms with van der Waals surface area (Å²) in [6.45, 7) is 0. The van der Waals surface area contributed by atoms with E-state index < -0.39 is 17.2 Å². The Labute approximate surface area is 185 Å². The topological polar surface area (TPSA) is 97.4 Å². The summed E-state index contributed by atoms with van der Waals surface area (Å²) < 4.78 is 15.2. The molecule has 1 aliphatic carbocycles. The van der Waals surface area contributed by atoms with Crippen molar-refractivity contribution < 1.29 is 4.39 Å². The Morgan fingerprint density at radius 3 is 1.81 bits per heavy atom. The summed E-state index contributed by atoms with van der Waals surface area (Å²) in [4.78, 5) is 0. The molecule has 0 spiro atoms. The Bertz CT molecular complexity index is 1350. The third-order valence-corrected chi connectivity index (χ3v) is 5.76. The fourth-order valence-electron chi connectivity index (χ4n) is 4.30. The number of rotatable bonds is 3. The van der Waals surface area contributed by atoms with Crippen LogP contribution in [0.1, 0.15) is 22.6 Å². The number of hydrogen-bond acceptors (Lipinski definition) is 4. The van der Waals surface area contributed by atoms with Gasteiger partial charge in [0, 0.05) is 5.57 Å². The van der Waals surface area contributed by atoms with E-state index in [1.54, 1.807) is 18.2 Å². The van der Waals surface area contributed by atoms with Crippen LogP contribution in [-0.2, 0) is 0 Å². The standard InChI is InChI=1S/C27H17FN4/c28-22-14-8-7-13-20(22)25-24(19-11-5-2-6-12-19)23(18-9-3-1-4-10-18)21(15-29)26(32)27(25,16-30)17-31/h1-14,25H,32H2. The zero-order chi connectivity index (χ0) is 22.7. The Morgan fingerprint density at radius 2 is 1.28 bits per heavy atom. The van der Waals surface area contributed by atoms with E-state index in [-0.39, 0.29) is 16.8 Å². The lowest BCUT2D eigenvalue weighted by molar-refractivity contribution is 0.513. The average Bonchev–Trinajstić information content (AvgIpc) is 2.85. The molecule has 1 unspecified atom stereocenters. The summed E-state index contributed by atoms with van der Waals surface area (Å²) in [5.74, 6) is -1.60. The first kappa shape index (κ1) is 20.6. The van der Waals surface area contributed by atoms with Crippen molar-refractivity contribution in [3.8, 4) is 18.2 Å². The van der Waals surface area contributed by atoms with Crippen molar-refractivity contribution in [1.82, 2.24) is 0 Å². The fraction of sp³-hybridized carbons (Fsp3) is 0.0741. The Balaban J connectivity index is 2.24. The van der Waals surface area contributed by atoms with Crippen molar-refractivity contribution in [1.29, 1.82) is 15.8 Å². The van der Waals surface area contributed by atoms with Crippen molar-refractivity contribution in [3.63, 3.8) is 0 Å². The Hall–Kier alpha value is -4.66. The predicted molar refractivity (Wildman–Crippen MR) is 119 cm³/mol.